The van der Waals surface area contributed by atoms with E-state index in [0.29, 0.717) is 5.75 Å². The number of hydrogen-bond acceptors (Lipinski definition) is 2. The Morgan fingerprint density at radius 3 is 2.50 bits per heavy atom. The quantitative estimate of drug-likeness (QED) is 0.878. The van der Waals surface area contributed by atoms with Gasteiger partial charge in [0.25, 0.3) is 0 Å². The summed E-state index contributed by atoms with van der Waals surface area (Å²) in [7, 11) is 0. The topological polar surface area (TPSA) is 23.5 Å². The zero-order valence-electron chi connectivity index (χ0n) is 11.9. The summed E-state index contributed by atoms with van der Waals surface area (Å²) in [5.41, 5.74) is 3.33. The molecule has 0 aromatic heterocycles. The predicted molar refractivity (Wildman–Crippen MR) is 75.9 cm³/mol. The molecule has 1 fully saturated rings. The number of phenols is 1. The van der Waals surface area contributed by atoms with Crippen LogP contribution in [0, 0.1) is 13.8 Å². The van der Waals surface area contributed by atoms with Gasteiger partial charge in [-0.15, -0.1) is 0 Å². The van der Waals surface area contributed by atoms with Crippen molar-refractivity contribution in [1.29, 1.82) is 0 Å². The van der Waals surface area contributed by atoms with Crippen LogP contribution in [0.4, 0.5) is 0 Å². The lowest BCUT2D eigenvalue weighted by atomic mass is 9.98. The van der Waals surface area contributed by atoms with E-state index in [9.17, 15) is 5.11 Å². The number of hydrogen-bond donors (Lipinski definition) is 1. The van der Waals surface area contributed by atoms with Crippen molar-refractivity contribution in [2.45, 2.75) is 59.0 Å². The lowest BCUT2D eigenvalue weighted by Gasteiger charge is -2.35. The lowest BCUT2D eigenvalue weighted by Crippen LogP contribution is -2.38. The Hall–Kier alpha value is -1.02. The molecule has 2 heteroatoms. The van der Waals surface area contributed by atoms with Gasteiger partial charge in [-0.3, -0.25) is 4.90 Å². The molecule has 1 aromatic carbocycles. The molecule has 0 aliphatic carbocycles. The Morgan fingerprint density at radius 2 is 1.89 bits per heavy atom. The Labute approximate surface area is 111 Å². The summed E-state index contributed by atoms with van der Waals surface area (Å²) >= 11 is 0. The Balaban J connectivity index is 2.13. The van der Waals surface area contributed by atoms with Crippen LogP contribution in [0.25, 0.3) is 0 Å². The third kappa shape index (κ3) is 2.86. The smallest absolute Gasteiger partial charge is 0.121 e. The van der Waals surface area contributed by atoms with Gasteiger partial charge in [-0.1, -0.05) is 25.5 Å². The minimum Gasteiger partial charge on any atom is -0.507 e. The molecule has 1 unspecified atom stereocenters. The highest BCUT2D eigenvalue weighted by molar-refractivity contribution is 5.42. The molecule has 1 atom stereocenters. The Bertz CT molecular complexity index is 391. The van der Waals surface area contributed by atoms with E-state index in [1.165, 1.54) is 37.8 Å². The van der Waals surface area contributed by atoms with Crippen LogP contribution in [0.5, 0.6) is 5.75 Å². The van der Waals surface area contributed by atoms with Crippen molar-refractivity contribution in [3.63, 3.8) is 0 Å². The Kier molecular flexibility index (Phi) is 4.28. The molecule has 0 amide bonds. The molecule has 2 nitrogen and oxygen atoms in total. The maximum atomic E-state index is 9.82. The summed E-state index contributed by atoms with van der Waals surface area (Å²) in [4.78, 5) is 2.61. The van der Waals surface area contributed by atoms with E-state index < -0.39 is 0 Å². The van der Waals surface area contributed by atoms with E-state index in [1.807, 2.05) is 13.8 Å². The second-order valence-electron chi connectivity index (χ2n) is 5.61. The van der Waals surface area contributed by atoms with E-state index in [1.54, 1.807) is 0 Å². The zero-order chi connectivity index (χ0) is 13.1. The highest BCUT2D eigenvalue weighted by Gasteiger charge is 2.20. The fraction of sp³-hybridized carbons (Fsp3) is 0.625. The van der Waals surface area contributed by atoms with Crippen LogP contribution in [0.2, 0.25) is 0 Å². The molecule has 1 heterocycles. The highest BCUT2D eigenvalue weighted by atomic mass is 16.3. The molecule has 1 N–H and O–H groups in total. The summed E-state index contributed by atoms with van der Waals surface area (Å²) in [6, 6.07) is 5.00. The second-order valence-corrected chi connectivity index (χ2v) is 5.61. The van der Waals surface area contributed by atoms with Gasteiger partial charge in [-0.2, -0.15) is 0 Å². The number of benzene rings is 1. The van der Waals surface area contributed by atoms with E-state index in [4.69, 9.17) is 0 Å². The van der Waals surface area contributed by atoms with Gasteiger partial charge in [0.1, 0.15) is 5.75 Å². The maximum Gasteiger partial charge on any atom is 0.121 e. The van der Waals surface area contributed by atoms with Crippen molar-refractivity contribution in [1.82, 2.24) is 4.90 Å². The zero-order valence-corrected chi connectivity index (χ0v) is 11.9. The van der Waals surface area contributed by atoms with Gasteiger partial charge in [0.05, 0.1) is 0 Å². The molecule has 2 rings (SSSR count). The number of likely N-dealkylation sites (tertiary alicyclic amines) is 1. The van der Waals surface area contributed by atoms with Gasteiger partial charge in [-0.25, -0.2) is 0 Å². The second kappa shape index (κ2) is 5.75. The van der Waals surface area contributed by atoms with Crippen LogP contribution in [-0.2, 0) is 6.54 Å². The van der Waals surface area contributed by atoms with E-state index >= 15 is 0 Å². The number of aromatic hydroxyl groups is 1. The molecule has 1 aliphatic rings. The summed E-state index contributed by atoms with van der Waals surface area (Å²) in [6.07, 6.45) is 5.29. The van der Waals surface area contributed by atoms with Crippen molar-refractivity contribution in [3.05, 3.63) is 28.8 Å². The minimum atomic E-state index is 0.449. The summed E-state index contributed by atoms with van der Waals surface area (Å²) < 4.78 is 0. The monoisotopic (exact) mass is 247 g/mol. The van der Waals surface area contributed by atoms with E-state index in [-0.39, 0.29) is 0 Å². The first kappa shape index (κ1) is 13.4. The van der Waals surface area contributed by atoms with E-state index in [2.05, 4.69) is 24.0 Å². The lowest BCUT2D eigenvalue weighted by molar-refractivity contribution is 0.136. The molecule has 0 radical (unpaired) electrons. The van der Waals surface area contributed by atoms with Crippen LogP contribution in [0.3, 0.4) is 0 Å². The highest BCUT2D eigenvalue weighted by Crippen LogP contribution is 2.26. The molecule has 1 aromatic rings. The normalized spacial score (nSPS) is 21.2. The molecular weight excluding hydrogens is 222 g/mol. The van der Waals surface area contributed by atoms with Gasteiger partial charge >= 0.3 is 0 Å². The third-order valence-corrected chi connectivity index (χ3v) is 4.16. The SMILES string of the molecule is CCC1CCCCN1Cc1cc(C)c(O)c(C)c1. The largest absolute Gasteiger partial charge is 0.507 e. The van der Waals surface area contributed by atoms with E-state index in [0.717, 1.165) is 23.7 Å². The Morgan fingerprint density at radius 1 is 1.22 bits per heavy atom. The van der Waals surface area contributed by atoms with Crippen LogP contribution in [-0.4, -0.2) is 22.6 Å². The van der Waals surface area contributed by atoms with Crippen molar-refractivity contribution >= 4 is 0 Å². The molecule has 0 bridgehead atoms. The molecule has 0 spiro atoms. The number of nitrogens with zero attached hydrogens (tertiary/aromatic N) is 1. The summed E-state index contributed by atoms with van der Waals surface area (Å²) in [5, 5.41) is 9.82. The minimum absolute atomic E-state index is 0.449. The first-order valence-electron chi connectivity index (χ1n) is 7.15. The first-order chi connectivity index (χ1) is 8.61. The average Bonchev–Trinajstić information content (AvgIpc) is 2.36. The van der Waals surface area contributed by atoms with Crippen LogP contribution in [0.1, 0.15) is 49.3 Å². The average molecular weight is 247 g/mol. The fourth-order valence-corrected chi connectivity index (χ4v) is 3.10. The van der Waals surface area contributed by atoms with Crippen molar-refractivity contribution in [3.8, 4) is 5.75 Å². The number of piperidine rings is 1. The van der Waals surface area contributed by atoms with Crippen molar-refractivity contribution in [2.75, 3.05) is 6.54 Å². The number of phenolic OH excluding ortho intramolecular Hbond substituents is 1. The molecule has 0 saturated carbocycles. The third-order valence-electron chi connectivity index (χ3n) is 4.16. The van der Waals surface area contributed by atoms with Gasteiger partial charge in [0.2, 0.25) is 0 Å². The molecule has 100 valence electrons. The maximum absolute atomic E-state index is 9.82. The van der Waals surface area contributed by atoms with Crippen LogP contribution in [0.15, 0.2) is 12.1 Å². The van der Waals surface area contributed by atoms with Gasteiger partial charge in [0, 0.05) is 12.6 Å². The predicted octanol–water partition coefficient (Wildman–Crippen LogP) is 3.77. The fourth-order valence-electron chi connectivity index (χ4n) is 3.10. The standard InChI is InChI=1S/C16H25NO/c1-4-15-7-5-6-8-17(15)11-14-9-12(2)16(18)13(3)10-14/h9-10,15,18H,4-8,11H2,1-3H3. The van der Waals surface area contributed by atoms with Crippen LogP contribution >= 0.6 is 0 Å². The summed E-state index contributed by atoms with van der Waals surface area (Å²) in [6.45, 7) is 8.51. The van der Waals surface area contributed by atoms with Gasteiger partial charge < -0.3 is 5.11 Å². The molecule has 1 saturated heterocycles. The first-order valence-corrected chi connectivity index (χ1v) is 7.15. The molecule has 1 aliphatic heterocycles. The van der Waals surface area contributed by atoms with Crippen LogP contribution < -0.4 is 0 Å². The number of aryl methyl sites for hydroxylation is 2. The molecular formula is C16H25NO. The molecule has 18 heavy (non-hydrogen) atoms. The van der Waals surface area contributed by atoms with Gasteiger partial charge in [0.15, 0.2) is 0 Å². The number of rotatable bonds is 3. The summed E-state index contributed by atoms with van der Waals surface area (Å²) in [5.74, 6) is 0.449. The van der Waals surface area contributed by atoms with Crippen molar-refractivity contribution < 1.29 is 5.11 Å². The van der Waals surface area contributed by atoms with Crippen molar-refractivity contribution in [2.24, 2.45) is 0 Å². The van der Waals surface area contributed by atoms with Gasteiger partial charge in [-0.05, 0) is 56.3 Å².